The number of nitrogens with one attached hydrogen (secondary N) is 3. The second-order valence-electron chi connectivity index (χ2n) is 5.11. The summed E-state index contributed by atoms with van der Waals surface area (Å²) < 4.78 is 0. The van der Waals surface area contributed by atoms with Crippen LogP contribution < -0.4 is 33.2 Å². The zero-order valence-corrected chi connectivity index (χ0v) is 13.9. The molecule has 2 atom stereocenters. The van der Waals surface area contributed by atoms with Crippen LogP contribution in [0.4, 0.5) is 0 Å². The first-order valence-electron chi connectivity index (χ1n) is 7.52. The number of nitrogens with zero attached hydrogens (tertiary/aromatic N) is 1. The number of guanidine groups is 1. The highest BCUT2D eigenvalue weighted by atomic mass is 16.4. The molecular formula is C13H25N7O5. The summed E-state index contributed by atoms with van der Waals surface area (Å²) in [5.41, 5.74) is 15.6. The lowest BCUT2D eigenvalue weighted by molar-refractivity contribution is -0.138. The van der Waals surface area contributed by atoms with Crippen molar-refractivity contribution in [2.45, 2.75) is 31.8 Å². The molecule has 2 unspecified atom stereocenters. The molecule has 0 rings (SSSR count). The van der Waals surface area contributed by atoms with Crippen molar-refractivity contribution in [2.75, 3.05) is 19.6 Å². The third kappa shape index (κ3) is 10.5. The number of amides is 3. The van der Waals surface area contributed by atoms with E-state index in [-0.39, 0.29) is 25.5 Å². The van der Waals surface area contributed by atoms with Crippen molar-refractivity contribution in [1.29, 1.82) is 0 Å². The number of nitrogens with two attached hydrogens (primary N) is 3. The smallest absolute Gasteiger partial charge is 0.322 e. The molecule has 0 spiro atoms. The average molecular weight is 359 g/mol. The van der Waals surface area contributed by atoms with Gasteiger partial charge in [-0.25, -0.2) is 0 Å². The van der Waals surface area contributed by atoms with Crippen molar-refractivity contribution >= 4 is 29.7 Å². The molecule has 10 N–H and O–H groups in total. The van der Waals surface area contributed by atoms with Gasteiger partial charge in [0.25, 0.3) is 0 Å². The zero-order chi connectivity index (χ0) is 19.4. The van der Waals surface area contributed by atoms with Gasteiger partial charge in [-0.05, 0) is 19.8 Å². The van der Waals surface area contributed by atoms with Crippen LogP contribution >= 0.6 is 0 Å². The molecule has 0 aromatic heterocycles. The molecule has 12 heteroatoms. The largest absolute Gasteiger partial charge is 0.480 e. The zero-order valence-electron chi connectivity index (χ0n) is 13.9. The minimum absolute atomic E-state index is 0.0873. The van der Waals surface area contributed by atoms with Gasteiger partial charge in [-0.3, -0.25) is 24.2 Å². The molecule has 0 aromatic rings. The second kappa shape index (κ2) is 11.6. The van der Waals surface area contributed by atoms with Crippen LogP contribution in [0.3, 0.4) is 0 Å². The fourth-order valence-corrected chi connectivity index (χ4v) is 1.72. The molecular weight excluding hydrogens is 334 g/mol. The predicted molar refractivity (Wildman–Crippen MR) is 89.1 cm³/mol. The van der Waals surface area contributed by atoms with E-state index < -0.39 is 42.3 Å². The lowest BCUT2D eigenvalue weighted by Crippen LogP contribution is -2.53. The van der Waals surface area contributed by atoms with Crippen molar-refractivity contribution in [3.63, 3.8) is 0 Å². The minimum Gasteiger partial charge on any atom is -0.480 e. The van der Waals surface area contributed by atoms with Gasteiger partial charge in [-0.1, -0.05) is 0 Å². The lowest BCUT2D eigenvalue weighted by Gasteiger charge is -2.20. The van der Waals surface area contributed by atoms with Gasteiger partial charge in [0, 0.05) is 6.54 Å². The summed E-state index contributed by atoms with van der Waals surface area (Å²) in [7, 11) is 0. The average Bonchev–Trinajstić information content (AvgIpc) is 2.54. The fourth-order valence-electron chi connectivity index (χ4n) is 1.72. The Hall–Kier alpha value is -2.89. The summed E-state index contributed by atoms with van der Waals surface area (Å²) in [6.45, 7) is 0.785. The quantitative estimate of drug-likeness (QED) is 0.110. The van der Waals surface area contributed by atoms with E-state index in [1.165, 1.54) is 6.92 Å². The Morgan fingerprint density at radius 1 is 1.12 bits per heavy atom. The van der Waals surface area contributed by atoms with Crippen molar-refractivity contribution in [2.24, 2.45) is 22.2 Å². The van der Waals surface area contributed by atoms with E-state index in [1.807, 2.05) is 0 Å². The number of aliphatic imine (C=N–C) groups is 1. The normalized spacial score (nSPS) is 12.4. The van der Waals surface area contributed by atoms with Crippen LogP contribution in [0.1, 0.15) is 19.8 Å². The molecule has 0 bridgehead atoms. The Kier molecular flexibility index (Phi) is 10.3. The number of carbonyl (C=O) groups is 4. The summed E-state index contributed by atoms with van der Waals surface area (Å²) in [5, 5.41) is 15.5. The first kappa shape index (κ1) is 22.1. The van der Waals surface area contributed by atoms with E-state index in [1.54, 1.807) is 0 Å². The van der Waals surface area contributed by atoms with Crippen molar-refractivity contribution in [3.05, 3.63) is 0 Å². The SMILES string of the molecule is CC(NC(=O)C(CCCN=C(N)N)NC(=O)CN)C(=O)NCC(=O)O. The van der Waals surface area contributed by atoms with Gasteiger partial charge < -0.3 is 38.3 Å². The Morgan fingerprint density at radius 3 is 2.28 bits per heavy atom. The van der Waals surface area contributed by atoms with Gasteiger partial charge in [0.15, 0.2) is 5.96 Å². The Balaban J connectivity index is 4.67. The number of aliphatic carboxylic acids is 1. The first-order chi connectivity index (χ1) is 11.7. The van der Waals surface area contributed by atoms with Crippen molar-refractivity contribution in [3.8, 4) is 0 Å². The van der Waals surface area contributed by atoms with Crippen LogP contribution in [0.5, 0.6) is 0 Å². The van der Waals surface area contributed by atoms with Gasteiger partial charge >= 0.3 is 5.97 Å². The number of carboxylic acids is 1. The van der Waals surface area contributed by atoms with Crippen molar-refractivity contribution < 1.29 is 24.3 Å². The molecule has 0 saturated carbocycles. The van der Waals surface area contributed by atoms with Crippen LogP contribution in [0, 0.1) is 0 Å². The summed E-state index contributed by atoms with van der Waals surface area (Å²) in [5.74, 6) is -3.11. The second-order valence-corrected chi connectivity index (χ2v) is 5.11. The minimum atomic E-state index is -1.21. The van der Waals surface area contributed by atoms with Crippen LogP contribution in [0.25, 0.3) is 0 Å². The van der Waals surface area contributed by atoms with Gasteiger partial charge in [-0.2, -0.15) is 0 Å². The number of hydrogen-bond acceptors (Lipinski definition) is 6. The molecule has 3 amide bonds. The van der Waals surface area contributed by atoms with Crippen LogP contribution in [-0.4, -0.2) is 66.5 Å². The summed E-state index contributed by atoms with van der Waals surface area (Å²) >= 11 is 0. The van der Waals surface area contributed by atoms with Crippen LogP contribution in [0.15, 0.2) is 4.99 Å². The van der Waals surface area contributed by atoms with Crippen LogP contribution in [0.2, 0.25) is 0 Å². The van der Waals surface area contributed by atoms with E-state index in [0.29, 0.717) is 6.42 Å². The molecule has 0 radical (unpaired) electrons. The Labute approximate surface area is 144 Å². The number of rotatable bonds is 11. The van der Waals surface area contributed by atoms with E-state index in [9.17, 15) is 19.2 Å². The van der Waals surface area contributed by atoms with Gasteiger partial charge in [-0.15, -0.1) is 0 Å². The van der Waals surface area contributed by atoms with Crippen LogP contribution in [-0.2, 0) is 19.2 Å². The highest BCUT2D eigenvalue weighted by molar-refractivity contribution is 5.92. The first-order valence-corrected chi connectivity index (χ1v) is 7.52. The molecule has 0 aromatic carbocycles. The summed E-state index contributed by atoms with van der Waals surface area (Å²) in [6, 6.07) is -1.91. The van der Waals surface area contributed by atoms with E-state index in [4.69, 9.17) is 22.3 Å². The molecule has 0 aliphatic rings. The van der Waals surface area contributed by atoms with E-state index >= 15 is 0 Å². The molecule has 12 nitrogen and oxygen atoms in total. The number of hydrogen-bond donors (Lipinski definition) is 7. The highest BCUT2D eigenvalue weighted by Gasteiger charge is 2.23. The molecule has 0 aliphatic carbocycles. The maximum Gasteiger partial charge on any atom is 0.322 e. The van der Waals surface area contributed by atoms with Gasteiger partial charge in [0.05, 0.1) is 6.54 Å². The predicted octanol–water partition coefficient (Wildman–Crippen LogP) is -3.81. The Bertz CT molecular complexity index is 519. The molecule has 0 heterocycles. The van der Waals surface area contributed by atoms with Gasteiger partial charge in [0.1, 0.15) is 18.6 Å². The molecule has 142 valence electrons. The maximum absolute atomic E-state index is 12.2. The molecule has 0 fully saturated rings. The number of carbonyl (C=O) groups excluding carboxylic acids is 3. The number of carboxylic acid groups (broad SMARTS) is 1. The third-order valence-electron chi connectivity index (χ3n) is 2.95. The van der Waals surface area contributed by atoms with E-state index in [0.717, 1.165) is 0 Å². The van der Waals surface area contributed by atoms with E-state index in [2.05, 4.69) is 20.9 Å². The monoisotopic (exact) mass is 359 g/mol. The van der Waals surface area contributed by atoms with Gasteiger partial charge in [0.2, 0.25) is 17.7 Å². The van der Waals surface area contributed by atoms with Crippen molar-refractivity contribution in [1.82, 2.24) is 16.0 Å². The maximum atomic E-state index is 12.2. The Morgan fingerprint density at radius 2 is 1.76 bits per heavy atom. The lowest BCUT2D eigenvalue weighted by atomic mass is 10.1. The molecule has 25 heavy (non-hydrogen) atoms. The fraction of sp³-hybridized carbons (Fsp3) is 0.615. The topological polar surface area (TPSA) is 215 Å². The summed E-state index contributed by atoms with van der Waals surface area (Å²) in [6.07, 6.45) is 0.623. The standard InChI is InChI=1S/C13H25N7O5/c1-7(11(24)18-6-10(22)23)19-12(25)8(20-9(21)5-14)3-2-4-17-13(15)16/h7-8H,2-6,14H2,1H3,(H,18,24)(H,19,25)(H,20,21)(H,22,23)(H4,15,16,17). The molecule has 0 aliphatic heterocycles. The summed E-state index contributed by atoms with van der Waals surface area (Å²) in [4.78, 5) is 49.5. The third-order valence-corrected chi connectivity index (χ3v) is 2.95. The highest BCUT2D eigenvalue weighted by Crippen LogP contribution is 2.00. The molecule has 0 saturated heterocycles.